The van der Waals surface area contributed by atoms with Gasteiger partial charge in [-0.15, -0.1) is 10.2 Å². The summed E-state index contributed by atoms with van der Waals surface area (Å²) in [4.78, 5) is 23.6. The van der Waals surface area contributed by atoms with Gasteiger partial charge in [-0.2, -0.15) is 0 Å². The molecule has 1 aromatic carbocycles. The van der Waals surface area contributed by atoms with Crippen molar-refractivity contribution in [1.82, 2.24) is 15.5 Å². The zero-order chi connectivity index (χ0) is 16.8. The van der Waals surface area contributed by atoms with Crippen LogP contribution in [0.25, 0.3) is 0 Å². The number of aryl methyl sites for hydroxylation is 2. The minimum atomic E-state index is -0.549. The van der Waals surface area contributed by atoms with E-state index >= 15 is 0 Å². The molecular formula is C14H17N5O2S2. The SMILES string of the molecule is CNc1nnc(SCC(=O)NC(=O)Nc2ccc(C)c(C)c2)s1. The summed E-state index contributed by atoms with van der Waals surface area (Å²) in [6.07, 6.45) is 0. The number of hydrogen-bond acceptors (Lipinski definition) is 7. The summed E-state index contributed by atoms with van der Waals surface area (Å²) < 4.78 is 0.666. The molecule has 1 aromatic heterocycles. The lowest BCUT2D eigenvalue weighted by atomic mass is 10.1. The highest BCUT2D eigenvalue weighted by molar-refractivity contribution is 8.01. The van der Waals surface area contributed by atoms with Crippen molar-refractivity contribution in [3.8, 4) is 0 Å². The number of urea groups is 1. The first kappa shape index (κ1) is 17.2. The van der Waals surface area contributed by atoms with Crippen molar-refractivity contribution in [2.24, 2.45) is 0 Å². The predicted octanol–water partition coefficient (Wildman–Crippen LogP) is 2.64. The second-order valence-electron chi connectivity index (χ2n) is 4.71. The maximum Gasteiger partial charge on any atom is 0.325 e. The third-order valence-electron chi connectivity index (χ3n) is 2.96. The Labute approximate surface area is 142 Å². The number of thioether (sulfide) groups is 1. The van der Waals surface area contributed by atoms with E-state index in [0.717, 1.165) is 11.1 Å². The highest BCUT2D eigenvalue weighted by Gasteiger charge is 2.11. The van der Waals surface area contributed by atoms with Gasteiger partial charge in [-0.05, 0) is 37.1 Å². The molecule has 0 saturated carbocycles. The van der Waals surface area contributed by atoms with Crippen LogP contribution in [0, 0.1) is 13.8 Å². The fourth-order valence-electron chi connectivity index (χ4n) is 1.64. The Hall–Kier alpha value is -2.13. The second kappa shape index (κ2) is 7.93. The third kappa shape index (κ3) is 5.22. The maximum absolute atomic E-state index is 11.8. The molecule has 23 heavy (non-hydrogen) atoms. The van der Waals surface area contributed by atoms with Crippen LogP contribution in [-0.4, -0.2) is 34.9 Å². The molecule has 0 aliphatic rings. The molecule has 3 N–H and O–H groups in total. The quantitative estimate of drug-likeness (QED) is 0.717. The Kier molecular flexibility index (Phi) is 5.94. The lowest BCUT2D eigenvalue weighted by Gasteiger charge is -2.08. The zero-order valence-electron chi connectivity index (χ0n) is 13.0. The van der Waals surface area contributed by atoms with Crippen LogP contribution in [0.5, 0.6) is 0 Å². The molecule has 0 unspecified atom stereocenters. The van der Waals surface area contributed by atoms with Gasteiger partial charge in [0, 0.05) is 12.7 Å². The fourth-order valence-corrected chi connectivity index (χ4v) is 3.15. The fraction of sp³-hybridized carbons (Fsp3) is 0.286. The monoisotopic (exact) mass is 351 g/mol. The van der Waals surface area contributed by atoms with Crippen molar-refractivity contribution in [2.45, 2.75) is 18.2 Å². The van der Waals surface area contributed by atoms with Crippen molar-refractivity contribution < 1.29 is 9.59 Å². The Morgan fingerprint density at radius 3 is 2.65 bits per heavy atom. The molecule has 7 nitrogen and oxygen atoms in total. The van der Waals surface area contributed by atoms with Gasteiger partial charge in [0.2, 0.25) is 11.0 Å². The number of benzene rings is 1. The number of nitrogens with one attached hydrogen (secondary N) is 3. The van der Waals surface area contributed by atoms with E-state index in [1.807, 2.05) is 26.0 Å². The van der Waals surface area contributed by atoms with Crippen LogP contribution < -0.4 is 16.0 Å². The molecule has 0 fully saturated rings. The highest BCUT2D eigenvalue weighted by atomic mass is 32.2. The maximum atomic E-state index is 11.8. The molecule has 0 bridgehead atoms. The average molecular weight is 351 g/mol. The van der Waals surface area contributed by atoms with Crippen LogP contribution in [0.15, 0.2) is 22.5 Å². The van der Waals surface area contributed by atoms with E-state index in [0.29, 0.717) is 15.2 Å². The first-order valence-corrected chi connectivity index (χ1v) is 8.60. The van der Waals surface area contributed by atoms with Gasteiger partial charge in [-0.25, -0.2) is 4.79 Å². The highest BCUT2D eigenvalue weighted by Crippen LogP contribution is 2.24. The predicted molar refractivity (Wildman–Crippen MR) is 93.3 cm³/mol. The van der Waals surface area contributed by atoms with E-state index in [1.54, 1.807) is 13.1 Å². The zero-order valence-corrected chi connectivity index (χ0v) is 14.6. The first-order valence-electron chi connectivity index (χ1n) is 6.80. The molecule has 0 spiro atoms. The van der Waals surface area contributed by atoms with E-state index < -0.39 is 11.9 Å². The Bertz CT molecular complexity index is 717. The van der Waals surface area contributed by atoms with Crippen molar-refractivity contribution in [3.05, 3.63) is 29.3 Å². The third-order valence-corrected chi connectivity index (χ3v) is 5.04. The molecule has 0 saturated heterocycles. The molecule has 2 aromatic rings. The number of hydrogen-bond donors (Lipinski definition) is 3. The molecule has 2 rings (SSSR count). The minimum Gasteiger partial charge on any atom is -0.363 e. The number of carbonyl (C=O) groups is 2. The average Bonchev–Trinajstić information content (AvgIpc) is 2.97. The molecule has 0 aliphatic carbocycles. The van der Waals surface area contributed by atoms with E-state index in [-0.39, 0.29) is 5.75 Å². The summed E-state index contributed by atoms with van der Waals surface area (Å²) in [6, 6.07) is 5.01. The van der Waals surface area contributed by atoms with Gasteiger partial charge in [-0.1, -0.05) is 29.2 Å². The Balaban J connectivity index is 1.80. The summed E-state index contributed by atoms with van der Waals surface area (Å²) in [5.74, 6) is -0.295. The van der Waals surface area contributed by atoms with Gasteiger partial charge in [-0.3, -0.25) is 10.1 Å². The van der Waals surface area contributed by atoms with E-state index in [1.165, 1.54) is 23.1 Å². The number of carbonyl (C=O) groups excluding carboxylic acids is 2. The summed E-state index contributed by atoms with van der Waals surface area (Å²) in [5, 5.41) is 16.3. The topological polar surface area (TPSA) is 96.0 Å². The van der Waals surface area contributed by atoms with Crippen molar-refractivity contribution >= 4 is 45.9 Å². The number of nitrogens with zero attached hydrogens (tertiary/aromatic N) is 2. The number of aromatic nitrogens is 2. The lowest BCUT2D eigenvalue weighted by molar-refractivity contribution is -0.117. The van der Waals surface area contributed by atoms with Crippen LogP contribution in [0.3, 0.4) is 0 Å². The van der Waals surface area contributed by atoms with Gasteiger partial charge in [0.25, 0.3) is 0 Å². The van der Waals surface area contributed by atoms with E-state index in [9.17, 15) is 9.59 Å². The van der Waals surface area contributed by atoms with Crippen LogP contribution in [0.4, 0.5) is 15.6 Å². The largest absolute Gasteiger partial charge is 0.363 e. The van der Waals surface area contributed by atoms with E-state index in [2.05, 4.69) is 26.1 Å². The van der Waals surface area contributed by atoms with Crippen LogP contribution in [0.2, 0.25) is 0 Å². The van der Waals surface area contributed by atoms with Crippen LogP contribution in [-0.2, 0) is 4.79 Å². The van der Waals surface area contributed by atoms with Crippen LogP contribution in [0.1, 0.15) is 11.1 Å². The summed E-state index contributed by atoms with van der Waals surface area (Å²) in [5.41, 5.74) is 2.86. The molecule has 0 aliphatic heterocycles. The molecule has 3 amide bonds. The molecule has 9 heteroatoms. The molecule has 0 radical (unpaired) electrons. The minimum absolute atomic E-state index is 0.0959. The smallest absolute Gasteiger partial charge is 0.325 e. The standard InChI is InChI=1S/C14H17N5O2S2/c1-8-4-5-10(6-9(8)2)16-12(21)17-11(20)7-22-14-19-18-13(15-3)23-14/h4-6H,7H2,1-3H3,(H,15,18)(H2,16,17,20,21). The summed E-state index contributed by atoms with van der Waals surface area (Å²) >= 11 is 2.58. The molecular weight excluding hydrogens is 334 g/mol. The van der Waals surface area contributed by atoms with Crippen molar-refractivity contribution in [3.63, 3.8) is 0 Å². The Morgan fingerprint density at radius 2 is 2.00 bits per heavy atom. The van der Waals surface area contributed by atoms with Gasteiger partial charge in [0.05, 0.1) is 5.75 Å². The Morgan fingerprint density at radius 1 is 1.22 bits per heavy atom. The normalized spacial score (nSPS) is 10.2. The van der Waals surface area contributed by atoms with Crippen molar-refractivity contribution in [2.75, 3.05) is 23.4 Å². The molecule has 1 heterocycles. The van der Waals surface area contributed by atoms with E-state index in [4.69, 9.17) is 0 Å². The molecule has 0 atom stereocenters. The number of anilines is 2. The number of imide groups is 1. The summed E-state index contributed by atoms with van der Waals surface area (Å²) in [6.45, 7) is 3.95. The van der Waals surface area contributed by atoms with Gasteiger partial charge >= 0.3 is 6.03 Å². The summed E-state index contributed by atoms with van der Waals surface area (Å²) in [7, 11) is 1.75. The van der Waals surface area contributed by atoms with Gasteiger partial charge < -0.3 is 10.6 Å². The first-order chi connectivity index (χ1) is 11.0. The van der Waals surface area contributed by atoms with Crippen LogP contribution >= 0.6 is 23.1 Å². The second-order valence-corrected chi connectivity index (χ2v) is 6.91. The van der Waals surface area contributed by atoms with Gasteiger partial charge in [0.1, 0.15) is 0 Å². The van der Waals surface area contributed by atoms with Crippen molar-refractivity contribution in [1.29, 1.82) is 0 Å². The molecule has 122 valence electrons. The lowest BCUT2D eigenvalue weighted by Crippen LogP contribution is -2.35. The number of rotatable bonds is 5. The van der Waals surface area contributed by atoms with Gasteiger partial charge in [0.15, 0.2) is 4.34 Å². The number of amides is 3.